The van der Waals surface area contributed by atoms with Gasteiger partial charge in [-0.1, -0.05) is 6.92 Å². The second-order valence-corrected chi connectivity index (χ2v) is 5.79. The molecule has 2 unspecified atom stereocenters. The predicted octanol–water partition coefficient (Wildman–Crippen LogP) is 2.97. The van der Waals surface area contributed by atoms with Gasteiger partial charge >= 0.3 is 0 Å². The maximum absolute atomic E-state index is 12.3. The van der Waals surface area contributed by atoms with Gasteiger partial charge in [-0.15, -0.1) is 0 Å². The first-order valence-electron chi connectivity index (χ1n) is 7.86. The van der Waals surface area contributed by atoms with E-state index >= 15 is 0 Å². The van der Waals surface area contributed by atoms with Crippen molar-refractivity contribution in [3.05, 3.63) is 29.3 Å². The number of aryl methyl sites for hydroxylation is 1. The fourth-order valence-corrected chi connectivity index (χ4v) is 2.66. The molecule has 1 aliphatic heterocycles. The Morgan fingerprint density at radius 3 is 2.86 bits per heavy atom. The smallest absolute Gasteiger partial charge is 0.251 e. The molecule has 0 bridgehead atoms. The highest BCUT2D eigenvalue weighted by Crippen LogP contribution is 2.20. The molecule has 21 heavy (non-hydrogen) atoms. The molecule has 1 amide bonds. The first kappa shape index (κ1) is 15.8. The van der Waals surface area contributed by atoms with Gasteiger partial charge in [0.1, 0.15) is 0 Å². The molecule has 1 aromatic rings. The molecule has 0 aromatic heterocycles. The summed E-state index contributed by atoms with van der Waals surface area (Å²) < 4.78 is 5.52. The highest BCUT2D eigenvalue weighted by molar-refractivity contribution is 5.96. The lowest BCUT2D eigenvalue weighted by molar-refractivity contribution is 0.0907. The number of anilines is 1. The predicted molar refractivity (Wildman–Crippen MR) is 85.8 cm³/mol. The summed E-state index contributed by atoms with van der Waals surface area (Å²) in [5, 5.41) is 6.37. The highest BCUT2D eigenvalue weighted by Gasteiger charge is 2.24. The molecule has 2 atom stereocenters. The first-order valence-corrected chi connectivity index (χ1v) is 7.86. The van der Waals surface area contributed by atoms with E-state index in [0.717, 1.165) is 42.8 Å². The van der Waals surface area contributed by atoms with Crippen LogP contribution in [-0.4, -0.2) is 31.7 Å². The Hall–Kier alpha value is -1.55. The summed E-state index contributed by atoms with van der Waals surface area (Å²) in [6.45, 7) is 8.63. The van der Waals surface area contributed by atoms with E-state index in [9.17, 15) is 4.79 Å². The summed E-state index contributed by atoms with van der Waals surface area (Å²) in [7, 11) is 0. The van der Waals surface area contributed by atoms with E-state index in [0.29, 0.717) is 12.5 Å². The maximum atomic E-state index is 12.3. The van der Waals surface area contributed by atoms with Gasteiger partial charge in [0.25, 0.3) is 5.91 Å². The number of amides is 1. The number of benzene rings is 1. The van der Waals surface area contributed by atoms with Gasteiger partial charge in [-0.25, -0.2) is 0 Å². The maximum Gasteiger partial charge on any atom is 0.251 e. The van der Waals surface area contributed by atoms with E-state index in [2.05, 4.69) is 24.5 Å². The van der Waals surface area contributed by atoms with Crippen LogP contribution in [0.3, 0.4) is 0 Å². The van der Waals surface area contributed by atoms with Crippen LogP contribution in [0.25, 0.3) is 0 Å². The lowest BCUT2D eigenvalue weighted by Gasteiger charge is -2.15. The molecule has 1 saturated heterocycles. The van der Waals surface area contributed by atoms with Crippen LogP contribution in [0, 0.1) is 12.8 Å². The highest BCUT2D eigenvalue weighted by atomic mass is 16.5. The normalized spacial score (nSPS) is 21.3. The minimum absolute atomic E-state index is 0.00800. The van der Waals surface area contributed by atoms with E-state index in [4.69, 9.17) is 4.74 Å². The Balaban J connectivity index is 1.92. The second kappa shape index (κ2) is 7.46. The van der Waals surface area contributed by atoms with Crippen LogP contribution >= 0.6 is 0 Å². The molecule has 1 heterocycles. The number of hydrogen-bond acceptors (Lipinski definition) is 3. The molecule has 1 aromatic carbocycles. The third-order valence-corrected chi connectivity index (χ3v) is 4.11. The van der Waals surface area contributed by atoms with Gasteiger partial charge in [0.15, 0.2) is 0 Å². The molecule has 1 fully saturated rings. The van der Waals surface area contributed by atoms with Crippen molar-refractivity contribution in [2.75, 3.05) is 25.0 Å². The molecule has 0 spiro atoms. The minimum atomic E-state index is 0.00800. The van der Waals surface area contributed by atoms with Gasteiger partial charge in [0, 0.05) is 36.9 Å². The van der Waals surface area contributed by atoms with Crippen LogP contribution in [0.15, 0.2) is 18.2 Å². The first-order chi connectivity index (χ1) is 10.1. The summed E-state index contributed by atoms with van der Waals surface area (Å²) in [6.07, 6.45) is 2.36. The van der Waals surface area contributed by atoms with Gasteiger partial charge < -0.3 is 15.4 Å². The Labute approximate surface area is 127 Å². The van der Waals surface area contributed by atoms with E-state index in [1.54, 1.807) is 0 Å². The van der Waals surface area contributed by atoms with E-state index in [1.807, 2.05) is 25.1 Å². The SMILES string of the molecule is CCCNc1ccc(C(=O)NCC2CCOC2C)c(C)c1. The number of ether oxygens (including phenoxy) is 1. The minimum Gasteiger partial charge on any atom is -0.385 e. The molecular weight excluding hydrogens is 264 g/mol. The van der Waals surface area contributed by atoms with Crippen LogP contribution in [0.2, 0.25) is 0 Å². The molecule has 0 radical (unpaired) electrons. The number of carbonyl (C=O) groups excluding carboxylic acids is 1. The summed E-state index contributed by atoms with van der Waals surface area (Å²) >= 11 is 0. The third-order valence-electron chi connectivity index (χ3n) is 4.11. The van der Waals surface area contributed by atoms with E-state index < -0.39 is 0 Å². The van der Waals surface area contributed by atoms with Gasteiger partial charge in [-0.05, 0) is 50.5 Å². The van der Waals surface area contributed by atoms with Crippen molar-refractivity contribution >= 4 is 11.6 Å². The monoisotopic (exact) mass is 290 g/mol. The summed E-state index contributed by atoms with van der Waals surface area (Å²) in [4.78, 5) is 12.3. The number of nitrogens with one attached hydrogen (secondary N) is 2. The van der Waals surface area contributed by atoms with Crippen LogP contribution < -0.4 is 10.6 Å². The Morgan fingerprint density at radius 1 is 1.43 bits per heavy atom. The molecular formula is C17H26N2O2. The number of rotatable bonds is 6. The van der Waals surface area contributed by atoms with Gasteiger partial charge in [-0.2, -0.15) is 0 Å². The van der Waals surface area contributed by atoms with Crippen molar-refractivity contribution in [2.24, 2.45) is 5.92 Å². The van der Waals surface area contributed by atoms with Gasteiger partial charge in [0.2, 0.25) is 0 Å². The molecule has 1 aliphatic rings. The van der Waals surface area contributed by atoms with Gasteiger partial charge in [0.05, 0.1) is 6.10 Å². The average molecular weight is 290 g/mol. The topological polar surface area (TPSA) is 50.4 Å². The van der Waals surface area contributed by atoms with Crippen molar-refractivity contribution < 1.29 is 9.53 Å². The average Bonchev–Trinajstić information content (AvgIpc) is 2.88. The standard InChI is InChI=1S/C17H26N2O2/c1-4-8-18-15-5-6-16(12(2)10-15)17(20)19-11-14-7-9-21-13(14)3/h5-6,10,13-14,18H,4,7-9,11H2,1-3H3,(H,19,20). The molecule has 2 N–H and O–H groups in total. The van der Waals surface area contributed by atoms with Crippen LogP contribution in [0.1, 0.15) is 42.6 Å². The summed E-state index contributed by atoms with van der Waals surface area (Å²) in [5.74, 6) is 0.438. The van der Waals surface area contributed by atoms with Crippen molar-refractivity contribution in [3.8, 4) is 0 Å². The van der Waals surface area contributed by atoms with Crippen molar-refractivity contribution in [2.45, 2.75) is 39.7 Å². The van der Waals surface area contributed by atoms with Gasteiger partial charge in [-0.3, -0.25) is 4.79 Å². The molecule has 0 saturated carbocycles. The zero-order chi connectivity index (χ0) is 15.2. The summed E-state index contributed by atoms with van der Waals surface area (Å²) in [6, 6.07) is 5.90. The molecule has 4 heteroatoms. The quantitative estimate of drug-likeness (QED) is 0.847. The fourth-order valence-electron chi connectivity index (χ4n) is 2.66. The lowest BCUT2D eigenvalue weighted by Crippen LogP contribution is -2.32. The zero-order valence-corrected chi connectivity index (χ0v) is 13.2. The largest absolute Gasteiger partial charge is 0.385 e. The Bertz CT molecular complexity index is 488. The molecule has 0 aliphatic carbocycles. The zero-order valence-electron chi connectivity index (χ0n) is 13.2. The number of hydrogen-bond donors (Lipinski definition) is 2. The second-order valence-electron chi connectivity index (χ2n) is 5.79. The third kappa shape index (κ3) is 4.21. The van der Waals surface area contributed by atoms with Crippen LogP contribution in [0.4, 0.5) is 5.69 Å². The summed E-state index contributed by atoms with van der Waals surface area (Å²) in [5.41, 5.74) is 2.83. The molecule has 4 nitrogen and oxygen atoms in total. The van der Waals surface area contributed by atoms with E-state index in [-0.39, 0.29) is 12.0 Å². The van der Waals surface area contributed by atoms with Crippen molar-refractivity contribution in [1.82, 2.24) is 5.32 Å². The van der Waals surface area contributed by atoms with E-state index in [1.165, 1.54) is 0 Å². The van der Waals surface area contributed by atoms with Crippen LogP contribution in [-0.2, 0) is 4.74 Å². The fraction of sp³-hybridized carbons (Fsp3) is 0.588. The number of carbonyl (C=O) groups is 1. The molecule has 116 valence electrons. The molecule has 2 rings (SSSR count). The van der Waals surface area contributed by atoms with Crippen molar-refractivity contribution in [3.63, 3.8) is 0 Å². The Kier molecular flexibility index (Phi) is 5.62. The van der Waals surface area contributed by atoms with Crippen LogP contribution in [0.5, 0.6) is 0 Å². The lowest BCUT2D eigenvalue weighted by atomic mass is 10.0. The Morgan fingerprint density at radius 2 is 2.24 bits per heavy atom. The van der Waals surface area contributed by atoms with Crippen molar-refractivity contribution in [1.29, 1.82) is 0 Å².